The molecule has 18 heteroatoms. The Morgan fingerprint density at radius 1 is 0.962 bits per heavy atom. The number of rotatable bonds is 13. The second-order valence-corrected chi connectivity index (χ2v) is 12.9. The number of carboxylic acids is 2. The summed E-state index contributed by atoms with van der Waals surface area (Å²) in [7, 11) is 1.22. The number of alkyl halides is 3. The van der Waals surface area contributed by atoms with Gasteiger partial charge in [-0.1, -0.05) is 13.8 Å². The molecular weight excluding hydrogens is 726 g/mol. The largest absolute Gasteiger partial charge is 0.494 e. The highest BCUT2D eigenvalue weighted by Crippen LogP contribution is 2.36. The van der Waals surface area contributed by atoms with Gasteiger partial charge in [0.25, 0.3) is 0 Å². The van der Waals surface area contributed by atoms with Gasteiger partial charge >= 0.3 is 24.2 Å². The van der Waals surface area contributed by atoms with Crippen LogP contribution in [0.5, 0.6) is 5.75 Å². The number of ether oxygens (including phenoxy) is 2. The molecule has 1 unspecified atom stereocenters. The normalized spacial score (nSPS) is 12.2. The number of aromatic nitrogens is 1. The monoisotopic (exact) mass is 763 g/mol. The van der Waals surface area contributed by atoms with E-state index in [1.165, 1.54) is 37.1 Å². The van der Waals surface area contributed by atoms with E-state index in [0.717, 1.165) is 5.39 Å². The number of benzene rings is 3. The van der Waals surface area contributed by atoms with E-state index >= 15 is 4.39 Å². The van der Waals surface area contributed by atoms with E-state index in [1.807, 2.05) is 13.8 Å². The lowest BCUT2D eigenvalue weighted by molar-refractivity contribution is -0.192. The fourth-order valence-electron chi connectivity index (χ4n) is 4.84. The summed E-state index contributed by atoms with van der Waals surface area (Å²) in [6.07, 6.45) is -4.73. The Morgan fingerprint density at radius 3 is 2.25 bits per heavy atom. The number of nitrogen functional groups attached to an aromatic ring is 1. The number of anilines is 3. The molecule has 0 saturated heterocycles. The minimum Gasteiger partial charge on any atom is -0.494 e. The molecule has 13 nitrogen and oxygen atoms in total. The maximum atomic E-state index is 15.5. The lowest BCUT2D eigenvalue weighted by Gasteiger charge is -2.26. The quantitative estimate of drug-likeness (QED) is 0.0594. The zero-order valence-electron chi connectivity index (χ0n) is 28.8. The number of nitrogens with zero attached hydrogens (tertiary/aromatic N) is 1. The Labute approximate surface area is 305 Å². The number of pyridine rings is 1. The molecule has 0 spiro atoms. The van der Waals surface area contributed by atoms with E-state index in [4.69, 9.17) is 25.1 Å². The van der Waals surface area contributed by atoms with Crippen molar-refractivity contribution in [1.29, 1.82) is 0 Å². The third-order valence-electron chi connectivity index (χ3n) is 7.08. The Hall–Kier alpha value is -5.78. The molecule has 284 valence electrons. The Bertz CT molecular complexity index is 1950. The number of hydrogen-bond donors (Lipinski definition) is 6. The van der Waals surface area contributed by atoms with Crippen molar-refractivity contribution >= 4 is 63.7 Å². The van der Waals surface area contributed by atoms with Gasteiger partial charge in [-0.15, -0.1) is 11.8 Å². The van der Waals surface area contributed by atoms with Gasteiger partial charge in [0.15, 0.2) is 0 Å². The van der Waals surface area contributed by atoms with Crippen LogP contribution in [0.1, 0.15) is 50.4 Å². The van der Waals surface area contributed by atoms with Gasteiger partial charge in [-0.2, -0.15) is 13.2 Å². The zero-order chi connectivity index (χ0) is 39.5. The summed E-state index contributed by atoms with van der Waals surface area (Å²) in [6.45, 7) is 6.05. The second kappa shape index (κ2) is 18.6. The average Bonchev–Trinajstić information content (AvgIpc) is 3.08. The standard InChI is InChI=1S/C33H36FN5O6S.C2HF3O2/c1-5-45-22-8-10-26(34)24(16-22)30(37-20-6-9-23-19(14-20)12-13-36-31(23)35)32(42)39-27(17-29(40)41)25-15-21(38-33(43)44-4)7-11-28(25)46-18(2)3;3-2(4,5)1(6)7/h6-16,18,27,30,37H,5,17H2,1-4H3,(H2,35,36)(H,38,43)(H,39,42)(H,40,41);(H,6,7)/t27-,30?;/m1./s1. The van der Waals surface area contributed by atoms with Crippen LogP contribution in [-0.2, 0) is 19.1 Å². The number of fused-ring (bicyclic) bond motifs is 1. The molecule has 4 rings (SSSR count). The lowest BCUT2D eigenvalue weighted by atomic mass is 9.99. The smallest absolute Gasteiger partial charge is 0.490 e. The SMILES string of the molecule is CCOc1ccc(F)c(C(Nc2ccc3c(N)nccc3c2)C(=O)N[C@H](CC(=O)O)c2cc(NC(=O)OC)ccc2SC(C)C)c1.O=C(O)C(F)(F)F. The molecule has 2 atom stereocenters. The van der Waals surface area contributed by atoms with Crippen LogP contribution in [0.3, 0.4) is 0 Å². The van der Waals surface area contributed by atoms with Crippen molar-refractivity contribution in [1.82, 2.24) is 10.3 Å². The average molecular weight is 764 g/mol. The van der Waals surface area contributed by atoms with Crippen molar-refractivity contribution < 1.29 is 56.4 Å². The summed E-state index contributed by atoms with van der Waals surface area (Å²) in [6, 6.07) is 13.7. The maximum Gasteiger partial charge on any atom is 0.490 e. The molecule has 0 aliphatic heterocycles. The molecule has 53 heavy (non-hydrogen) atoms. The minimum absolute atomic E-state index is 0.00949. The number of carboxylic acid groups (broad SMARTS) is 2. The second-order valence-electron chi connectivity index (χ2n) is 11.3. The molecule has 0 bridgehead atoms. The van der Waals surface area contributed by atoms with E-state index in [1.54, 1.807) is 55.6 Å². The van der Waals surface area contributed by atoms with Crippen LogP contribution in [0.4, 0.5) is 39.5 Å². The number of nitrogens with one attached hydrogen (secondary N) is 3. The van der Waals surface area contributed by atoms with Crippen molar-refractivity contribution in [2.45, 2.75) is 55.6 Å². The van der Waals surface area contributed by atoms with Crippen molar-refractivity contribution in [3.05, 3.63) is 83.8 Å². The molecule has 0 fully saturated rings. The predicted molar refractivity (Wildman–Crippen MR) is 190 cm³/mol. The van der Waals surface area contributed by atoms with E-state index in [2.05, 4.69) is 20.9 Å². The lowest BCUT2D eigenvalue weighted by Crippen LogP contribution is -2.37. The van der Waals surface area contributed by atoms with E-state index in [0.29, 0.717) is 45.4 Å². The summed E-state index contributed by atoms with van der Waals surface area (Å²) < 4.78 is 57.5. The first-order chi connectivity index (χ1) is 24.9. The first-order valence-corrected chi connectivity index (χ1v) is 16.6. The van der Waals surface area contributed by atoms with Crippen molar-refractivity contribution in [2.24, 2.45) is 0 Å². The van der Waals surface area contributed by atoms with Gasteiger partial charge in [0.2, 0.25) is 5.91 Å². The van der Waals surface area contributed by atoms with E-state index in [-0.39, 0.29) is 10.8 Å². The Balaban J connectivity index is 0.000000980. The molecule has 0 saturated carbocycles. The highest BCUT2D eigenvalue weighted by molar-refractivity contribution is 8.00. The Kier molecular flexibility index (Phi) is 14.6. The van der Waals surface area contributed by atoms with Gasteiger partial charge in [-0.05, 0) is 78.5 Å². The third-order valence-corrected chi connectivity index (χ3v) is 8.17. The number of hydrogen-bond acceptors (Lipinski definition) is 10. The van der Waals surface area contributed by atoms with Crippen LogP contribution in [0.15, 0.2) is 71.8 Å². The van der Waals surface area contributed by atoms with Crippen LogP contribution in [0.2, 0.25) is 0 Å². The van der Waals surface area contributed by atoms with Crippen molar-refractivity contribution in [2.75, 3.05) is 30.1 Å². The van der Waals surface area contributed by atoms with E-state index < -0.39 is 54.4 Å². The molecule has 4 aromatic rings. The number of amides is 2. The van der Waals surface area contributed by atoms with Crippen LogP contribution in [0, 0.1) is 5.82 Å². The molecule has 0 aliphatic carbocycles. The molecule has 0 radical (unpaired) electrons. The number of thioether (sulfide) groups is 1. The maximum absolute atomic E-state index is 15.5. The van der Waals surface area contributed by atoms with Gasteiger partial charge in [-0.25, -0.2) is 19.0 Å². The number of nitrogens with two attached hydrogens (primary N) is 1. The molecular formula is C35H37F4N5O8S. The zero-order valence-corrected chi connectivity index (χ0v) is 29.6. The van der Waals surface area contributed by atoms with Gasteiger partial charge < -0.3 is 36.1 Å². The molecule has 0 aliphatic rings. The topological polar surface area (TPSA) is 202 Å². The van der Waals surface area contributed by atoms with Gasteiger partial charge in [-0.3, -0.25) is 14.9 Å². The number of methoxy groups -OCH3 is 1. The van der Waals surface area contributed by atoms with Crippen LogP contribution >= 0.6 is 11.8 Å². The van der Waals surface area contributed by atoms with Crippen LogP contribution in [0.25, 0.3) is 10.8 Å². The molecule has 3 aromatic carbocycles. The third kappa shape index (κ3) is 12.2. The summed E-state index contributed by atoms with van der Waals surface area (Å²) >= 11 is 1.46. The van der Waals surface area contributed by atoms with Gasteiger partial charge in [0.1, 0.15) is 23.4 Å². The Morgan fingerprint density at radius 2 is 1.64 bits per heavy atom. The number of aliphatic carboxylic acids is 2. The fraction of sp³-hybridized carbons (Fsp3) is 0.286. The highest BCUT2D eigenvalue weighted by Gasteiger charge is 2.38. The minimum atomic E-state index is -5.08. The summed E-state index contributed by atoms with van der Waals surface area (Å²) in [4.78, 5) is 51.9. The van der Waals surface area contributed by atoms with Gasteiger partial charge in [0, 0.05) is 38.7 Å². The molecule has 7 N–H and O–H groups in total. The van der Waals surface area contributed by atoms with E-state index in [9.17, 15) is 32.7 Å². The van der Waals surface area contributed by atoms with Crippen LogP contribution in [-0.4, -0.2) is 64.3 Å². The molecule has 1 heterocycles. The summed E-state index contributed by atoms with van der Waals surface area (Å²) in [5.41, 5.74) is 7.28. The number of carbonyl (C=O) groups excluding carboxylic acids is 2. The fourth-order valence-corrected chi connectivity index (χ4v) is 5.83. The highest BCUT2D eigenvalue weighted by atomic mass is 32.2. The predicted octanol–water partition coefficient (Wildman–Crippen LogP) is 7.15. The summed E-state index contributed by atoms with van der Waals surface area (Å²) in [5, 5.41) is 27.1. The van der Waals surface area contributed by atoms with Crippen LogP contribution < -0.4 is 26.4 Å². The first-order valence-electron chi connectivity index (χ1n) is 15.7. The van der Waals surface area contributed by atoms with Gasteiger partial charge in [0.05, 0.1) is 26.2 Å². The first kappa shape index (κ1) is 41.6. The molecule has 1 aromatic heterocycles. The molecule has 2 amide bonds. The van der Waals surface area contributed by atoms with Crippen molar-refractivity contribution in [3.63, 3.8) is 0 Å². The number of halogens is 4. The van der Waals surface area contributed by atoms with Crippen molar-refractivity contribution in [3.8, 4) is 5.75 Å². The summed E-state index contributed by atoms with van der Waals surface area (Å²) in [5.74, 6) is -4.60. The number of carbonyl (C=O) groups is 4.